The molecule has 0 bridgehead atoms. The second-order valence-electron chi connectivity index (χ2n) is 12.3. The van der Waals surface area contributed by atoms with Crippen molar-refractivity contribution in [2.75, 3.05) is 0 Å². The molecule has 0 spiro atoms. The van der Waals surface area contributed by atoms with Crippen LogP contribution in [-0.2, 0) is 34.1 Å². The summed E-state index contributed by atoms with van der Waals surface area (Å²) >= 11 is -2.70. The van der Waals surface area contributed by atoms with Crippen molar-refractivity contribution >= 4 is 11.3 Å². The predicted octanol–water partition coefficient (Wildman–Crippen LogP) is 9.86. The molecule has 0 N–H and O–H groups in total. The molecule has 0 saturated carbocycles. The van der Waals surface area contributed by atoms with Gasteiger partial charge in [-0.15, -0.1) is 0 Å². The van der Waals surface area contributed by atoms with Gasteiger partial charge in [-0.2, -0.15) is 0 Å². The van der Waals surface area contributed by atoms with Crippen LogP contribution in [0.5, 0.6) is 0 Å². The van der Waals surface area contributed by atoms with Crippen LogP contribution in [0.3, 0.4) is 0 Å². The van der Waals surface area contributed by atoms with Gasteiger partial charge in [0.2, 0.25) is 0 Å². The molecule has 0 unspecified atom stereocenters. The Morgan fingerprint density at radius 2 is 1.20 bits per heavy atom. The van der Waals surface area contributed by atoms with Crippen molar-refractivity contribution in [2.24, 2.45) is 0 Å². The minimum atomic E-state index is -2.70. The number of allylic oxidation sites excluding steroid dienone is 4. The van der Waals surface area contributed by atoms with Gasteiger partial charge in [0.05, 0.1) is 0 Å². The monoisotopic (exact) mass is 614 g/mol. The fourth-order valence-corrected chi connectivity index (χ4v) is 21.0. The van der Waals surface area contributed by atoms with Crippen molar-refractivity contribution in [1.82, 2.24) is 0 Å². The molecule has 0 aromatic heterocycles. The van der Waals surface area contributed by atoms with E-state index in [1.165, 1.54) is 33.4 Å². The van der Waals surface area contributed by atoms with Gasteiger partial charge in [0.1, 0.15) is 0 Å². The molecule has 0 saturated heterocycles. The molecular formula is C38H40SiZr. The Hall–Kier alpha value is -2.67. The van der Waals surface area contributed by atoms with Crippen LogP contribution >= 0.6 is 0 Å². The summed E-state index contributed by atoms with van der Waals surface area (Å²) in [5.74, 6) is 0. The number of hydrogen-bond acceptors (Lipinski definition) is 0. The summed E-state index contributed by atoms with van der Waals surface area (Å²) in [5, 5.41) is 1.72. The third-order valence-corrected chi connectivity index (χ3v) is 19.9. The van der Waals surface area contributed by atoms with E-state index in [1.807, 2.05) is 3.28 Å². The summed E-state index contributed by atoms with van der Waals surface area (Å²) in [6, 6.07) is 37.6. The van der Waals surface area contributed by atoms with Crippen LogP contribution in [0.4, 0.5) is 0 Å². The molecule has 0 atom stereocenters. The van der Waals surface area contributed by atoms with Gasteiger partial charge in [0.25, 0.3) is 0 Å². The molecule has 0 nitrogen and oxygen atoms in total. The van der Waals surface area contributed by atoms with Crippen LogP contribution in [0.1, 0.15) is 57.3 Å². The quantitative estimate of drug-likeness (QED) is 0.182. The average Bonchev–Trinajstić information content (AvgIpc) is 3.59. The molecule has 2 aliphatic carbocycles. The minimum absolute atomic E-state index is 0.474. The molecule has 40 heavy (non-hydrogen) atoms. The molecule has 4 aromatic rings. The summed E-state index contributed by atoms with van der Waals surface area (Å²) in [4.78, 5) is 0. The number of rotatable bonds is 7. The molecule has 6 rings (SSSR count). The zero-order valence-electron chi connectivity index (χ0n) is 24.6. The first kappa shape index (κ1) is 27.5. The van der Waals surface area contributed by atoms with Crippen molar-refractivity contribution < 1.29 is 21.3 Å². The van der Waals surface area contributed by atoms with E-state index in [9.17, 15) is 0 Å². The van der Waals surface area contributed by atoms with E-state index in [-0.39, 0.29) is 0 Å². The summed E-state index contributed by atoms with van der Waals surface area (Å²) in [6.07, 6.45) is 8.29. The van der Waals surface area contributed by atoms with Crippen LogP contribution in [0.15, 0.2) is 118 Å². The van der Waals surface area contributed by atoms with Crippen LogP contribution in [0.25, 0.3) is 11.1 Å². The first-order valence-electron chi connectivity index (χ1n) is 14.9. The van der Waals surface area contributed by atoms with Gasteiger partial charge in [0.15, 0.2) is 0 Å². The van der Waals surface area contributed by atoms with E-state index in [1.54, 1.807) is 19.5 Å². The zero-order valence-corrected chi connectivity index (χ0v) is 28.0. The Morgan fingerprint density at radius 1 is 0.700 bits per heavy atom. The fraction of sp³-hybridized carbons (Fsp3) is 0.237. The second-order valence-corrected chi connectivity index (χ2v) is 23.5. The Balaban J connectivity index is 1.78. The van der Waals surface area contributed by atoms with Gasteiger partial charge in [0, 0.05) is 0 Å². The molecule has 0 radical (unpaired) electrons. The zero-order chi connectivity index (χ0) is 27.9. The molecule has 200 valence electrons. The number of benzene rings is 4. The number of fused-ring (bicyclic) bond motifs is 3. The standard InChI is InChI=1S/C17H17.C13H10.C8H13Si.Zr/c1-3-12-5-7-16-14(9-12)11-15-10-13(4-2)6-8-17(15)16;1-3-7-12(8-4-1)11-13-9-5-2-6-10-13;1-9(2,3)8-6-4-5-7-8;/h5-11H,3-4H2,1-2H3;1-10H;4,6H,5H2,1-3H3;. The van der Waals surface area contributed by atoms with Crippen molar-refractivity contribution in [1.29, 1.82) is 0 Å². The summed E-state index contributed by atoms with van der Waals surface area (Å²) in [6.45, 7) is 12.2. The van der Waals surface area contributed by atoms with Crippen LogP contribution < -0.4 is 0 Å². The van der Waals surface area contributed by atoms with Gasteiger partial charge in [-0.1, -0.05) is 0 Å². The number of hydrogen-bond donors (Lipinski definition) is 0. The third kappa shape index (κ3) is 4.99. The maximum absolute atomic E-state index is 2.70. The summed E-state index contributed by atoms with van der Waals surface area (Å²) in [5.41, 5.74) is 11.9. The van der Waals surface area contributed by atoms with Crippen LogP contribution in [0, 0.1) is 0 Å². The predicted molar refractivity (Wildman–Crippen MR) is 173 cm³/mol. The maximum atomic E-state index is 2.58. The molecule has 0 heterocycles. The van der Waals surface area contributed by atoms with Crippen LogP contribution in [-0.4, -0.2) is 11.3 Å². The van der Waals surface area contributed by atoms with Crippen molar-refractivity contribution in [2.45, 2.75) is 56.4 Å². The van der Waals surface area contributed by atoms with Gasteiger partial charge >= 0.3 is 251 Å². The van der Waals surface area contributed by atoms with Gasteiger partial charge in [-0.25, -0.2) is 0 Å². The Kier molecular flexibility index (Phi) is 7.77. The van der Waals surface area contributed by atoms with E-state index in [2.05, 4.69) is 143 Å². The van der Waals surface area contributed by atoms with Gasteiger partial charge < -0.3 is 0 Å². The molecule has 0 fully saturated rings. The normalized spacial score (nSPS) is 14.4. The SMILES string of the molecule is CCc1ccc2c(c1)[CH]([Zr]([C]1=C([Si](C)(C)C)C=CC1)=[C](c1ccccc1)c1ccccc1)c1cc(CC)ccc1-2. The summed E-state index contributed by atoms with van der Waals surface area (Å²) < 4.78 is 3.96. The van der Waals surface area contributed by atoms with E-state index in [0.717, 1.165) is 19.3 Å². The molecule has 2 aliphatic rings. The molecule has 0 aliphatic heterocycles. The van der Waals surface area contributed by atoms with Crippen molar-refractivity contribution in [3.8, 4) is 11.1 Å². The van der Waals surface area contributed by atoms with Crippen molar-refractivity contribution in [3.05, 3.63) is 151 Å². The summed E-state index contributed by atoms with van der Waals surface area (Å²) in [7, 11) is -1.54. The Morgan fingerprint density at radius 3 is 1.65 bits per heavy atom. The first-order valence-corrected chi connectivity index (χ1v) is 22.3. The van der Waals surface area contributed by atoms with E-state index in [4.69, 9.17) is 0 Å². The third-order valence-electron chi connectivity index (χ3n) is 8.71. The van der Waals surface area contributed by atoms with E-state index < -0.39 is 29.3 Å². The molecular weight excluding hydrogens is 576 g/mol. The van der Waals surface area contributed by atoms with Crippen molar-refractivity contribution in [3.63, 3.8) is 0 Å². The number of aryl methyl sites for hydroxylation is 2. The Labute approximate surface area is 249 Å². The average molecular weight is 616 g/mol. The molecule has 0 amide bonds. The Bertz CT molecular complexity index is 1550. The van der Waals surface area contributed by atoms with Crippen LogP contribution in [0.2, 0.25) is 19.6 Å². The van der Waals surface area contributed by atoms with Gasteiger partial charge in [-0.3, -0.25) is 0 Å². The topological polar surface area (TPSA) is 0 Å². The molecule has 4 aromatic carbocycles. The van der Waals surface area contributed by atoms with E-state index >= 15 is 0 Å². The second kappa shape index (κ2) is 11.3. The first-order chi connectivity index (χ1) is 19.4. The fourth-order valence-electron chi connectivity index (χ4n) is 6.73. The van der Waals surface area contributed by atoms with E-state index in [0.29, 0.717) is 3.63 Å². The van der Waals surface area contributed by atoms with Gasteiger partial charge in [-0.05, 0) is 0 Å². The molecule has 2 heteroatoms.